The molecule has 4 N–H and O–H groups in total. The van der Waals surface area contributed by atoms with Gasteiger partial charge in [-0.25, -0.2) is 0 Å². The average molecular weight is 237 g/mol. The molecule has 0 bridgehead atoms. The van der Waals surface area contributed by atoms with Crippen molar-refractivity contribution in [3.05, 3.63) is 18.2 Å². The lowest BCUT2D eigenvalue weighted by Crippen LogP contribution is -2.25. The third kappa shape index (κ3) is 2.68. The molecule has 0 aromatic heterocycles. The van der Waals surface area contributed by atoms with E-state index in [0.29, 0.717) is 5.75 Å². The molecule has 2 rings (SSSR count). The Morgan fingerprint density at radius 3 is 3.19 bits per heavy atom. The zero-order valence-corrected chi connectivity index (χ0v) is 9.93. The molecule has 1 atom stereocenters. The van der Waals surface area contributed by atoms with Crippen LogP contribution in [0.15, 0.2) is 23.1 Å². The van der Waals surface area contributed by atoms with Crippen molar-refractivity contribution in [1.29, 1.82) is 0 Å². The summed E-state index contributed by atoms with van der Waals surface area (Å²) in [4.78, 5) is 12.3. The smallest absolute Gasteiger partial charge is 0.234 e. The number of amides is 1. The second kappa shape index (κ2) is 4.76. The highest BCUT2D eigenvalue weighted by Gasteiger charge is 2.15. The summed E-state index contributed by atoms with van der Waals surface area (Å²) in [6.45, 7) is 2.67. The van der Waals surface area contributed by atoms with Gasteiger partial charge in [0.2, 0.25) is 5.91 Å². The van der Waals surface area contributed by atoms with Gasteiger partial charge in [-0.2, -0.15) is 0 Å². The SMILES string of the molecule is CC(N)CNc1ccc2c(c1)NC(=O)CS2. The quantitative estimate of drug-likeness (QED) is 0.745. The Labute approximate surface area is 99.0 Å². The van der Waals surface area contributed by atoms with Gasteiger partial charge < -0.3 is 16.4 Å². The minimum atomic E-state index is 0.0573. The van der Waals surface area contributed by atoms with Crippen molar-refractivity contribution in [2.75, 3.05) is 22.9 Å². The molecular formula is C11H15N3OS. The summed E-state index contributed by atoms with van der Waals surface area (Å²) in [6.07, 6.45) is 0. The number of thioether (sulfide) groups is 1. The Balaban J connectivity index is 2.12. The minimum Gasteiger partial charge on any atom is -0.383 e. The lowest BCUT2D eigenvalue weighted by atomic mass is 10.2. The molecule has 1 aromatic carbocycles. The molecule has 0 saturated heterocycles. The standard InChI is InChI=1S/C11H15N3OS/c1-7(12)5-13-8-2-3-10-9(4-8)14-11(15)6-16-10/h2-4,7,13H,5-6,12H2,1H3,(H,14,15). The molecule has 1 amide bonds. The van der Waals surface area contributed by atoms with Crippen LogP contribution < -0.4 is 16.4 Å². The van der Waals surface area contributed by atoms with Crippen molar-refractivity contribution >= 4 is 29.0 Å². The first-order chi connectivity index (χ1) is 7.65. The maximum absolute atomic E-state index is 11.2. The first-order valence-corrected chi connectivity index (χ1v) is 6.20. The minimum absolute atomic E-state index is 0.0573. The van der Waals surface area contributed by atoms with Crippen molar-refractivity contribution in [3.63, 3.8) is 0 Å². The fourth-order valence-corrected chi connectivity index (χ4v) is 2.26. The summed E-state index contributed by atoms with van der Waals surface area (Å²) >= 11 is 1.57. The van der Waals surface area contributed by atoms with E-state index in [2.05, 4.69) is 10.6 Å². The highest BCUT2D eigenvalue weighted by molar-refractivity contribution is 8.00. The second-order valence-corrected chi connectivity index (χ2v) is 4.92. The highest BCUT2D eigenvalue weighted by Crippen LogP contribution is 2.33. The van der Waals surface area contributed by atoms with Crippen LogP contribution in [0.3, 0.4) is 0 Å². The Bertz CT molecular complexity index is 406. The summed E-state index contributed by atoms with van der Waals surface area (Å²) in [6, 6.07) is 6.08. The number of carbonyl (C=O) groups is 1. The molecular weight excluding hydrogens is 222 g/mol. The van der Waals surface area contributed by atoms with Crippen LogP contribution in [0.1, 0.15) is 6.92 Å². The van der Waals surface area contributed by atoms with Crippen molar-refractivity contribution in [2.24, 2.45) is 5.73 Å². The number of anilines is 2. The van der Waals surface area contributed by atoms with Gasteiger partial charge in [0.25, 0.3) is 0 Å². The van der Waals surface area contributed by atoms with Crippen LogP contribution in [0, 0.1) is 0 Å². The predicted molar refractivity (Wildman–Crippen MR) is 67.9 cm³/mol. The van der Waals surface area contributed by atoms with Crippen molar-refractivity contribution in [2.45, 2.75) is 17.9 Å². The van der Waals surface area contributed by atoms with Crippen molar-refractivity contribution in [1.82, 2.24) is 0 Å². The van der Waals surface area contributed by atoms with Crippen LogP contribution in [0.4, 0.5) is 11.4 Å². The molecule has 0 fully saturated rings. The summed E-state index contributed by atoms with van der Waals surface area (Å²) in [5.41, 5.74) is 7.53. The average Bonchev–Trinajstić information content (AvgIpc) is 2.25. The van der Waals surface area contributed by atoms with Gasteiger partial charge in [-0.3, -0.25) is 4.79 Å². The summed E-state index contributed by atoms with van der Waals surface area (Å²) in [7, 11) is 0. The van der Waals surface area contributed by atoms with Gasteiger partial charge in [-0.1, -0.05) is 0 Å². The number of nitrogens with two attached hydrogens (primary N) is 1. The summed E-state index contributed by atoms with van der Waals surface area (Å²) in [5.74, 6) is 0.557. The van der Waals surface area contributed by atoms with Crippen LogP contribution in [0.5, 0.6) is 0 Å². The third-order valence-electron chi connectivity index (χ3n) is 2.24. The summed E-state index contributed by atoms with van der Waals surface area (Å²) in [5, 5.41) is 6.08. The van der Waals surface area contributed by atoms with Crippen LogP contribution in [-0.2, 0) is 4.79 Å². The Morgan fingerprint density at radius 2 is 2.44 bits per heavy atom. The molecule has 1 aliphatic rings. The first kappa shape index (κ1) is 11.3. The Morgan fingerprint density at radius 1 is 1.62 bits per heavy atom. The van der Waals surface area contributed by atoms with Gasteiger partial charge >= 0.3 is 0 Å². The monoisotopic (exact) mass is 237 g/mol. The Hall–Kier alpha value is -1.20. The second-order valence-electron chi connectivity index (χ2n) is 3.91. The maximum Gasteiger partial charge on any atom is 0.234 e. The van der Waals surface area contributed by atoms with Gasteiger partial charge in [0.1, 0.15) is 0 Å². The number of benzene rings is 1. The molecule has 1 aliphatic heterocycles. The third-order valence-corrected chi connectivity index (χ3v) is 3.31. The number of fused-ring (bicyclic) bond motifs is 1. The lowest BCUT2D eigenvalue weighted by molar-refractivity contribution is -0.113. The maximum atomic E-state index is 11.2. The van der Waals surface area contributed by atoms with Gasteiger partial charge in [0.05, 0.1) is 11.4 Å². The van der Waals surface area contributed by atoms with E-state index in [9.17, 15) is 4.79 Å². The van der Waals surface area contributed by atoms with Crippen LogP contribution >= 0.6 is 11.8 Å². The number of nitrogens with one attached hydrogen (secondary N) is 2. The number of rotatable bonds is 3. The van der Waals surface area contributed by atoms with Gasteiger partial charge in [-0.15, -0.1) is 11.8 Å². The van der Waals surface area contributed by atoms with Crippen LogP contribution in [0.2, 0.25) is 0 Å². The van der Waals surface area contributed by atoms with E-state index < -0.39 is 0 Å². The zero-order valence-electron chi connectivity index (χ0n) is 9.12. The van der Waals surface area contributed by atoms with E-state index in [1.54, 1.807) is 11.8 Å². The fourth-order valence-electron chi connectivity index (χ4n) is 1.47. The van der Waals surface area contributed by atoms with E-state index in [0.717, 1.165) is 22.8 Å². The summed E-state index contributed by atoms with van der Waals surface area (Å²) < 4.78 is 0. The number of hydrogen-bond donors (Lipinski definition) is 3. The predicted octanol–water partition coefficient (Wildman–Crippen LogP) is 1.49. The van der Waals surface area contributed by atoms with Crippen molar-refractivity contribution < 1.29 is 4.79 Å². The Kier molecular flexibility index (Phi) is 3.36. The van der Waals surface area contributed by atoms with E-state index in [1.165, 1.54) is 0 Å². The van der Waals surface area contributed by atoms with Crippen LogP contribution in [0.25, 0.3) is 0 Å². The fraction of sp³-hybridized carbons (Fsp3) is 0.364. The van der Waals surface area contributed by atoms with E-state index in [1.807, 2.05) is 25.1 Å². The molecule has 0 spiro atoms. The molecule has 0 saturated carbocycles. The lowest BCUT2D eigenvalue weighted by Gasteiger charge is -2.18. The van der Waals surface area contributed by atoms with Crippen molar-refractivity contribution in [3.8, 4) is 0 Å². The van der Waals surface area contributed by atoms with E-state index >= 15 is 0 Å². The zero-order chi connectivity index (χ0) is 11.5. The van der Waals surface area contributed by atoms with E-state index in [-0.39, 0.29) is 11.9 Å². The molecule has 5 heteroatoms. The molecule has 1 heterocycles. The van der Waals surface area contributed by atoms with Gasteiger partial charge in [-0.05, 0) is 25.1 Å². The largest absolute Gasteiger partial charge is 0.383 e. The van der Waals surface area contributed by atoms with Crippen LogP contribution in [-0.4, -0.2) is 24.2 Å². The molecule has 1 aromatic rings. The highest BCUT2D eigenvalue weighted by atomic mass is 32.2. The molecule has 1 unspecified atom stereocenters. The van der Waals surface area contributed by atoms with Gasteiger partial charge in [0, 0.05) is 23.2 Å². The molecule has 4 nitrogen and oxygen atoms in total. The number of hydrogen-bond acceptors (Lipinski definition) is 4. The first-order valence-electron chi connectivity index (χ1n) is 5.21. The normalized spacial score (nSPS) is 16.2. The molecule has 86 valence electrons. The van der Waals surface area contributed by atoms with Gasteiger partial charge in [0.15, 0.2) is 0 Å². The number of carbonyl (C=O) groups excluding carboxylic acids is 1. The van der Waals surface area contributed by atoms with E-state index in [4.69, 9.17) is 5.73 Å². The topological polar surface area (TPSA) is 67.2 Å². The molecule has 16 heavy (non-hydrogen) atoms. The molecule has 0 aliphatic carbocycles. The molecule has 0 radical (unpaired) electrons.